The summed E-state index contributed by atoms with van der Waals surface area (Å²) in [5.74, 6) is -0.187. The third-order valence-electron chi connectivity index (χ3n) is 3.44. The monoisotopic (exact) mass is 278 g/mol. The van der Waals surface area contributed by atoms with Gasteiger partial charge in [-0.15, -0.1) is 0 Å². The van der Waals surface area contributed by atoms with Crippen LogP contribution in [0.15, 0.2) is 24.3 Å². The summed E-state index contributed by atoms with van der Waals surface area (Å²) < 4.78 is 5.30. The van der Waals surface area contributed by atoms with E-state index in [9.17, 15) is 9.90 Å². The number of ether oxygens (including phenoxy) is 1. The number of benzene rings is 1. The van der Waals surface area contributed by atoms with Gasteiger partial charge in [0.05, 0.1) is 18.8 Å². The van der Waals surface area contributed by atoms with Gasteiger partial charge in [0.25, 0.3) is 5.91 Å². The van der Waals surface area contributed by atoms with Crippen molar-refractivity contribution < 1.29 is 14.6 Å². The van der Waals surface area contributed by atoms with Crippen LogP contribution in [0.4, 0.5) is 0 Å². The van der Waals surface area contributed by atoms with Crippen LogP contribution in [0.1, 0.15) is 23.2 Å². The van der Waals surface area contributed by atoms with Crippen molar-refractivity contribution in [2.45, 2.75) is 12.8 Å². The molecule has 1 aliphatic heterocycles. The molecule has 0 atom stereocenters. The number of carbonyl (C=O) groups is 1. The van der Waals surface area contributed by atoms with Gasteiger partial charge >= 0.3 is 0 Å². The molecule has 2 N–H and O–H groups in total. The number of phenolic OH excluding ortho intramolecular Hbond substituents is 1. The quantitative estimate of drug-likeness (QED) is 0.768. The van der Waals surface area contributed by atoms with Crippen molar-refractivity contribution in [3.8, 4) is 5.75 Å². The molecule has 1 amide bonds. The van der Waals surface area contributed by atoms with Gasteiger partial charge in [0, 0.05) is 19.6 Å². The van der Waals surface area contributed by atoms with Gasteiger partial charge in [-0.3, -0.25) is 9.69 Å². The molecular weight excluding hydrogens is 256 g/mol. The molecule has 0 spiro atoms. The Morgan fingerprint density at radius 1 is 1.25 bits per heavy atom. The second kappa shape index (κ2) is 7.87. The van der Waals surface area contributed by atoms with E-state index in [0.29, 0.717) is 12.1 Å². The zero-order valence-electron chi connectivity index (χ0n) is 11.7. The van der Waals surface area contributed by atoms with Crippen molar-refractivity contribution in [3.63, 3.8) is 0 Å². The van der Waals surface area contributed by atoms with Gasteiger partial charge in [0.2, 0.25) is 0 Å². The number of morpholine rings is 1. The highest BCUT2D eigenvalue weighted by Crippen LogP contribution is 2.14. The van der Waals surface area contributed by atoms with Gasteiger partial charge in [-0.1, -0.05) is 12.1 Å². The van der Waals surface area contributed by atoms with Crippen LogP contribution >= 0.6 is 0 Å². The van der Waals surface area contributed by atoms with Gasteiger partial charge in [-0.2, -0.15) is 0 Å². The molecule has 1 aromatic carbocycles. The van der Waals surface area contributed by atoms with Crippen molar-refractivity contribution in [2.24, 2.45) is 0 Å². The molecule has 0 saturated carbocycles. The zero-order chi connectivity index (χ0) is 14.2. The Morgan fingerprint density at radius 2 is 2.00 bits per heavy atom. The second-order valence-electron chi connectivity index (χ2n) is 4.93. The number of para-hydroxylation sites is 1. The van der Waals surface area contributed by atoms with Gasteiger partial charge in [0.15, 0.2) is 0 Å². The summed E-state index contributed by atoms with van der Waals surface area (Å²) in [6, 6.07) is 6.59. The Bertz CT molecular complexity index is 431. The highest BCUT2D eigenvalue weighted by Gasteiger charge is 2.10. The lowest BCUT2D eigenvalue weighted by atomic mass is 10.2. The van der Waals surface area contributed by atoms with Crippen LogP contribution in [0.2, 0.25) is 0 Å². The van der Waals surface area contributed by atoms with Gasteiger partial charge in [0.1, 0.15) is 5.75 Å². The fourth-order valence-corrected chi connectivity index (χ4v) is 2.25. The number of nitrogens with one attached hydrogen (secondary N) is 1. The summed E-state index contributed by atoms with van der Waals surface area (Å²) >= 11 is 0. The van der Waals surface area contributed by atoms with Crippen molar-refractivity contribution in [1.82, 2.24) is 10.2 Å². The predicted octanol–water partition coefficient (Wildman–Crippen LogP) is 1.23. The van der Waals surface area contributed by atoms with Gasteiger partial charge in [-0.25, -0.2) is 0 Å². The van der Waals surface area contributed by atoms with Crippen LogP contribution in [0, 0.1) is 0 Å². The molecule has 0 radical (unpaired) electrons. The van der Waals surface area contributed by atoms with E-state index >= 15 is 0 Å². The molecule has 20 heavy (non-hydrogen) atoms. The number of amides is 1. The molecule has 0 unspecified atom stereocenters. The van der Waals surface area contributed by atoms with Crippen LogP contribution in [0.25, 0.3) is 0 Å². The fourth-order valence-electron chi connectivity index (χ4n) is 2.25. The second-order valence-corrected chi connectivity index (χ2v) is 4.93. The van der Waals surface area contributed by atoms with E-state index in [1.807, 2.05) is 0 Å². The van der Waals surface area contributed by atoms with Crippen molar-refractivity contribution in [3.05, 3.63) is 29.8 Å². The summed E-state index contributed by atoms with van der Waals surface area (Å²) in [4.78, 5) is 14.2. The average Bonchev–Trinajstić information content (AvgIpc) is 2.48. The molecule has 110 valence electrons. The molecule has 1 heterocycles. The van der Waals surface area contributed by atoms with Crippen LogP contribution in [-0.2, 0) is 4.74 Å². The van der Waals surface area contributed by atoms with E-state index in [4.69, 9.17) is 4.74 Å². The molecular formula is C15H22N2O3. The Hall–Kier alpha value is -1.59. The van der Waals surface area contributed by atoms with E-state index in [-0.39, 0.29) is 11.7 Å². The number of carbonyl (C=O) groups excluding carboxylic acids is 1. The molecule has 0 aliphatic carbocycles. The number of hydrogen-bond acceptors (Lipinski definition) is 4. The lowest BCUT2D eigenvalue weighted by Crippen LogP contribution is -2.37. The molecule has 2 rings (SSSR count). The molecule has 1 fully saturated rings. The smallest absolute Gasteiger partial charge is 0.255 e. The Morgan fingerprint density at radius 3 is 2.75 bits per heavy atom. The molecule has 1 saturated heterocycles. The maximum Gasteiger partial charge on any atom is 0.255 e. The van der Waals surface area contributed by atoms with E-state index < -0.39 is 0 Å². The maximum atomic E-state index is 11.8. The number of rotatable bonds is 6. The number of aromatic hydroxyl groups is 1. The van der Waals surface area contributed by atoms with Gasteiger partial charge in [-0.05, 0) is 31.5 Å². The Balaban J connectivity index is 1.61. The summed E-state index contributed by atoms with van der Waals surface area (Å²) in [5, 5.41) is 12.4. The first-order chi connectivity index (χ1) is 9.77. The van der Waals surface area contributed by atoms with E-state index in [1.54, 1.807) is 18.2 Å². The normalized spacial score (nSPS) is 16.0. The average molecular weight is 278 g/mol. The van der Waals surface area contributed by atoms with Crippen molar-refractivity contribution in [1.29, 1.82) is 0 Å². The van der Waals surface area contributed by atoms with E-state index in [1.165, 1.54) is 6.07 Å². The zero-order valence-corrected chi connectivity index (χ0v) is 11.7. The minimum Gasteiger partial charge on any atom is -0.507 e. The number of unbranched alkanes of at least 4 members (excludes halogenated alkanes) is 1. The summed E-state index contributed by atoms with van der Waals surface area (Å²) in [7, 11) is 0. The lowest BCUT2D eigenvalue weighted by Gasteiger charge is -2.26. The van der Waals surface area contributed by atoms with Crippen LogP contribution < -0.4 is 5.32 Å². The lowest BCUT2D eigenvalue weighted by molar-refractivity contribution is 0.0372. The predicted molar refractivity (Wildman–Crippen MR) is 76.9 cm³/mol. The van der Waals surface area contributed by atoms with Crippen LogP contribution in [-0.4, -0.2) is 55.3 Å². The van der Waals surface area contributed by atoms with E-state index in [0.717, 1.165) is 45.7 Å². The first kappa shape index (κ1) is 14.8. The maximum absolute atomic E-state index is 11.8. The van der Waals surface area contributed by atoms with Crippen LogP contribution in [0.3, 0.4) is 0 Å². The number of hydrogen-bond donors (Lipinski definition) is 2. The Kier molecular flexibility index (Phi) is 5.83. The molecule has 1 aliphatic rings. The molecule has 0 aromatic heterocycles. The fraction of sp³-hybridized carbons (Fsp3) is 0.533. The number of nitrogens with zero attached hydrogens (tertiary/aromatic N) is 1. The third-order valence-corrected chi connectivity index (χ3v) is 3.44. The third kappa shape index (κ3) is 4.51. The highest BCUT2D eigenvalue weighted by molar-refractivity contribution is 5.96. The first-order valence-corrected chi connectivity index (χ1v) is 7.13. The Labute approximate surface area is 119 Å². The minimum atomic E-state index is -0.213. The highest BCUT2D eigenvalue weighted by atomic mass is 16.5. The molecule has 5 nitrogen and oxygen atoms in total. The number of phenols is 1. The topological polar surface area (TPSA) is 61.8 Å². The standard InChI is InChI=1S/C15H22N2O3/c18-14-6-2-1-5-13(14)15(19)16-7-3-4-8-17-9-11-20-12-10-17/h1-2,5-6,18H,3-4,7-12H2,(H,16,19). The SMILES string of the molecule is O=C(NCCCCN1CCOCC1)c1ccccc1O. The molecule has 0 bridgehead atoms. The molecule has 1 aromatic rings. The van der Waals surface area contributed by atoms with Crippen LogP contribution in [0.5, 0.6) is 5.75 Å². The summed E-state index contributed by atoms with van der Waals surface area (Å²) in [6.07, 6.45) is 2.00. The van der Waals surface area contributed by atoms with Crippen molar-refractivity contribution in [2.75, 3.05) is 39.4 Å². The largest absolute Gasteiger partial charge is 0.507 e. The minimum absolute atomic E-state index is 0.0262. The first-order valence-electron chi connectivity index (χ1n) is 7.13. The summed E-state index contributed by atoms with van der Waals surface area (Å²) in [5.41, 5.74) is 0.334. The van der Waals surface area contributed by atoms with Gasteiger partial charge < -0.3 is 15.2 Å². The summed E-state index contributed by atoms with van der Waals surface area (Å²) in [6.45, 7) is 5.34. The van der Waals surface area contributed by atoms with Crippen molar-refractivity contribution >= 4 is 5.91 Å². The van der Waals surface area contributed by atoms with E-state index in [2.05, 4.69) is 10.2 Å². The molecule has 5 heteroatoms.